The lowest BCUT2D eigenvalue weighted by Gasteiger charge is -2.17. The fourth-order valence-electron chi connectivity index (χ4n) is 1.56. The highest BCUT2D eigenvalue weighted by molar-refractivity contribution is 4.70. The number of hydrogen-bond acceptors (Lipinski definition) is 6. The van der Waals surface area contributed by atoms with Gasteiger partial charge in [0.25, 0.3) is 0 Å². The number of aliphatic hydroxyl groups excluding tert-OH is 1. The fraction of sp³-hybridized carbons (Fsp3) is 1.00. The summed E-state index contributed by atoms with van der Waals surface area (Å²) in [7, 11) is 0. The average molecular weight is 264 g/mol. The van der Waals surface area contributed by atoms with Crippen molar-refractivity contribution in [3.8, 4) is 0 Å². The molecule has 0 aromatic rings. The van der Waals surface area contributed by atoms with E-state index in [9.17, 15) is 0 Å². The first-order chi connectivity index (χ1) is 8.64. The third kappa shape index (κ3) is 7.25. The molecule has 1 aliphatic rings. The first-order valence-corrected chi connectivity index (χ1v) is 6.30. The second-order valence-corrected chi connectivity index (χ2v) is 4.47. The molecule has 0 aliphatic carbocycles. The molecule has 0 radical (unpaired) electrons. The van der Waals surface area contributed by atoms with Gasteiger partial charge in [0.2, 0.25) is 0 Å². The van der Waals surface area contributed by atoms with Crippen LogP contribution in [0.3, 0.4) is 0 Å². The Morgan fingerprint density at radius 3 is 2.22 bits per heavy atom. The first-order valence-electron chi connectivity index (χ1n) is 6.30. The van der Waals surface area contributed by atoms with Gasteiger partial charge in [0.05, 0.1) is 52.9 Å². The molecule has 0 amide bonds. The van der Waals surface area contributed by atoms with Crippen molar-refractivity contribution >= 4 is 0 Å². The lowest BCUT2D eigenvalue weighted by Crippen LogP contribution is -2.24. The highest BCUT2D eigenvalue weighted by atomic mass is 16.7. The number of aliphatic hydroxyl groups is 1. The Bertz CT molecular complexity index is 209. The molecule has 0 unspecified atom stereocenters. The van der Waals surface area contributed by atoms with Crippen LogP contribution in [-0.2, 0) is 23.7 Å². The fourth-order valence-corrected chi connectivity index (χ4v) is 1.56. The Kier molecular flexibility index (Phi) is 7.73. The van der Waals surface area contributed by atoms with E-state index in [0.29, 0.717) is 46.2 Å². The number of hydrogen-bond donors (Lipinski definition) is 1. The summed E-state index contributed by atoms with van der Waals surface area (Å²) >= 11 is 0. The van der Waals surface area contributed by atoms with Gasteiger partial charge >= 0.3 is 0 Å². The van der Waals surface area contributed by atoms with Crippen LogP contribution in [0.25, 0.3) is 0 Å². The zero-order valence-corrected chi connectivity index (χ0v) is 11.2. The van der Waals surface area contributed by atoms with Crippen LogP contribution in [0, 0.1) is 0 Å². The molecule has 6 nitrogen and oxygen atoms in total. The minimum atomic E-state index is -0.491. The molecule has 1 atom stereocenters. The van der Waals surface area contributed by atoms with Crippen molar-refractivity contribution in [2.45, 2.75) is 25.7 Å². The van der Waals surface area contributed by atoms with Crippen molar-refractivity contribution in [3.63, 3.8) is 0 Å². The zero-order valence-electron chi connectivity index (χ0n) is 11.2. The van der Waals surface area contributed by atoms with Crippen LogP contribution in [0.4, 0.5) is 0 Å². The predicted octanol–water partition coefficient (Wildman–Crippen LogP) is 0.180. The summed E-state index contributed by atoms with van der Waals surface area (Å²) in [6, 6.07) is 0. The van der Waals surface area contributed by atoms with E-state index < -0.39 is 5.79 Å². The van der Waals surface area contributed by atoms with E-state index in [1.54, 1.807) is 0 Å². The average Bonchev–Trinajstić information content (AvgIpc) is 2.67. The summed E-state index contributed by atoms with van der Waals surface area (Å²) in [6.07, 6.45) is 0.00730. The molecule has 6 heteroatoms. The van der Waals surface area contributed by atoms with Crippen LogP contribution in [0.5, 0.6) is 0 Å². The SMILES string of the molecule is CC1(C)OC[C@@H](COCCOCCOCCO)O1. The van der Waals surface area contributed by atoms with Crippen LogP contribution in [-0.4, -0.2) is 69.9 Å². The van der Waals surface area contributed by atoms with Gasteiger partial charge in [0, 0.05) is 0 Å². The molecule has 1 heterocycles. The molecule has 0 saturated carbocycles. The third-order valence-corrected chi connectivity index (χ3v) is 2.35. The molecular weight excluding hydrogens is 240 g/mol. The van der Waals surface area contributed by atoms with E-state index in [1.165, 1.54) is 0 Å². The van der Waals surface area contributed by atoms with Crippen molar-refractivity contribution in [2.24, 2.45) is 0 Å². The van der Waals surface area contributed by atoms with Gasteiger partial charge in [-0.05, 0) is 13.8 Å². The minimum Gasteiger partial charge on any atom is -0.394 e. The van der Waals surface area contributed by atoms with Gasteiger partial charge in [-0.25, -0.2) is 0 Å². The Labute approximate surface area is 108 Å². The molecule has 1 saturated heterocycles. The van der Waals surface area contributed by atoms with Crippen molar-refractivity contribution < 1.29 is 28.8 Å². The van der Waals surface area contributed by atoms with Crippen LogP contribution in [0.15, 0.2) is 0 Å². The van der Waals surface area contributed by atoms with Gasteiger partial charge in [-0.2, -0.15) is 0 Å². The Morgan fingerprint density at radius 1 is 1.06 bits per heavy atom. The Hall–Kier alpha value is -0.240. The summed E-state index contributed by atoms with van der Waals surface area (Å²) < 4.78 is 26.8. The molecule has 0 bridgehead atoms. The van der Waals surface area contributed by atoms with E-state index in [1.807, 2.05) is 13.8 Å². The molecule has 1 aliphatic heterocycles. The Morgan fingerprint density at radius 2 is 1.67 bits per heavy atom. The van der Waals surface area contributed by atoms with Gasteiger partial charge in [-0.15, -0.1) is 0 Å². The summed E-state index contributed by atoms with van der Waals surface area (Å²) in [6.45, 7) is 7.34. The van der Waals surface area contributed by atoms with Crippen LogP contribution >= 0.6 is 0 Å². The van der Waals surface area contributed by atoms with E-state index in [-0.39, 0.29) is 12.7 Å². The first kappa shape index (κ1) is 15.8. The second kappa shape index (κ2) is 8.79. The molecule has 108 valence electrons. The molecule has 18 heavy (non-hydrogen) atoms. The predicted molar refractivity (Wildman–Crippen MR) is 64.4 cm³/mol. The van der Waals surface area contributed by atoms with Crippen molar-refractivity contribution in [3.05, 3.63) is 0 Å². The topological polar surface area (TPSA) is 66.4 Å². The molecule has 1 fully saturated rings. The lowest BCUT2D eigenvalue weighted by molar-refractivity contribution is -0.145. The number of ether oxygens (including phenoxy) is 5. The summed E-state index contributed by atoms with van der Waals surface area (Å²) in [5, 5.41) is 8.47. The largest absolute Gasteiger partial charge is 0.394 e. The van der Waals surface area contributed by atoms with Crippen LogP contribution in [0.1, 0.15) is 13.8 Å². The van der Waals surface area contributed by atoms with Gasteiger partial charge in [-0.3, -0.25) is 0 Å². The molecule has 1 rings (SSSR count). The highest BCUT2D eigenvalue weighted by Crippen LogP contribution is 2.22. The monoisotopic (exact) mass is 264 g/mol. The maximum Gasteiger partial charge on any atom is 0.163 e. The zero-order chi connectivity index (χ0) is 13.3. The Balaban J connectivity index is 1.82. The van der Waals surface area contributed by atoms with E-state index in [4.69, 9.17) is 28.8 Å². The second-order valence-electron chi connectivity index (χ2n) is 4.47. The van der Waals surface area contributed by atoms with Gasteiger partial charge in [0.1, 0.15) is 6.10 Å². The van der Waals surface area contributed by atoms with Crippen molar-refractivity contribution in [2.75, 3.05) is 52.9 Å². The highest BCUT2D eigenvalue weighted by Gasteiger charge is 2.32. The van der Waals surface area contributed by atoms with E-state index in [2.05, 4.69) is 0 Å². The number of rotatable bonds is 10. The quantitative estimate of drug-likeness (QED) is 0.568. The van der Waals surface area contributed by atoms with Crippen LogP contribution in [0.2, 0.25) is 0 Å². The molecule has 1 N–H and O–H groups in total. The standard InChI is InChI=1S/C12H24O6/c1-12(2)17-10-11(18-12)9-16-8-7-15-6-5-14-4-3-13/h11,13H,3-10H2,1-2H3/t11-/m1/s1. The molecule has 0 aromatic heterocycles. The molecular formula is C12H24O6. The maximum atomic E-state index is 8.47. The maximum absolute atomic E-state index is 8.47. The van der Waals surface area contributed by atoms with Gasteiger partial charge in [0.15, 0.2) is 5.79 Å². The third-order valence-electron chi connectivity index (χ3n) is 2.35. The molecule has 0 aromatic carbocycles. The van der Waals surface area contributed by atoms with E-state index in [0.717, 1.165) is 0 Å². The smallest absolute Gasteiger partial charge is 0.163 e. The van der Waals surface area contributed by atoms with Crippen molar-refractivity contribution in [1.29, 1.82) is 0 Å². The summed E-state index contributed by atoms with van der Waals surface area (Å²) in [5.41, 5.74) is 0. The van der Waals surface area contributed by atoms with Gasteiger partial charge < -0.3 is 28.8 Å². The summed E-state index contributed by atoms with van der Waals surface area (Å²) in [4.78, 5) is 0. The van der Waals surface area contributed by atoms with Crippen LogP contribution < -0.4 is 0 Å². The minimum absolute atomic E-state index is 0.00730. The van der Waals surface area contributed by atoms with E-state index >= 15 is 0 Å². The molecule has 0 spiro atoms. The summed E-state index contributed by atoms with van der Waals surface area (Å²) in [5.74, 6) is -0.491. The lowest BCUT2D eigenvalue weighted by atomic mass is 10.4. The van der Waals surface area contributed by atoms with Gasteiger partial charge in [-0.1, -0.05) is 0 Å². The van der Waals surface area contributed by atoms with Crippen molar-refractivity contribution in [1.82, 2.24) is 0 Å². The normalized spacial score (nSPS) is 22.5.